The van der Waals surface area contributed by atoms with Crippen LogP contribution in [0.1, 0.15) is 28.8 Å². The van der Waals surface area contributed by atoms with Crippen molar-refractivity contribution in [3.63, 3.8) is 0 Å². The van der Waals surface area contributed by atoms with Gasteiger partial charge < -0.3 is 9.88 Å². The van der Waals surface area contributed by atoms with Crippen molar-refractivity contribution in [3.05, 3.63) is 53.4 Å². The predicted molar refractivity (Wildman–Crippen MR) is 80.7 cm³/mol. The molecule has 1 aliphatic heterocycles. The Morgan fingerprint density at radius 2 is 2.09 bits per heavy atom. The summed E-state index contributed by atoms with van der Waals surface area (Å²) in [6, 6.07) is 6.09. The van der Waals surface area contributed by atoms with Crippen LogP contribution in [-0.2, 0) is 19.6 Å². The highest BCUT2D eigenvalue weighted by molar-refractivity contribution is 5.92. The van der Waals surface area contributed by atoms with Gasteiger partial charge in [-0.3, -0.25) is 9.69 Å². The molecule has 0 radical (unpaired) electrons. The highest BCUT2D eigenvalue weighted by Gasteiger charge is 2.19. The number of nitrogens with one attached hydrogen (secondary N) is 1. The third-order valence-corrected chi connectivity index (χ3v) is 3.93. The lowest BCUT2D eigenvalue weighted by molar-refractivity contribution is 0.0946. The zero-order valence-corrected chi connectivity index (χ0v) is 12.6. The Morgan fingerprint density at radius 3 is 2.82 bits per heavy atom. The van der Waals surface area contributed by atoms with Crippen LogP contribution in [0, 0.1) is 5.82 Å². The summed E-state index contributed by atoms with van der Waals surface area (Å²) in [5.74, 6) is 0.451. The second kappa shape index (κ2) is 6.27. The summed E-state index contributed by atoms with van der Waals surface area (Å²) in [6.07, 6.45) is 1.81. The summed E-state index contributed by atoms with van der Waals surface area (Å²) in [5.41, 5.74) is 1.30. The molecule has 1 aromatic heterocycles. The molecule has 0 fully saturated rings. The number of hydrogen-bond acceptors (Lipinski definition) is 3. The van der Waals surface area contributed by atoms with Crippen LogP contribution in [0.25, 0.3) is 0 Å². The van der Waals surface area contributed by atoms with E-state index in [2.05, 4.69) is 22.1 Å². The highest BCUT2D eigenvalue weighted by Crippen LogP contribution is 2.12. The fraction of sp³-hybridized carbons (Fsp3) is 0.375. The maximum absolute atomic E-state index is 12.8. The number of likely N-dealkylation sites (N-methyl/N-ethyl adjacent to an activating group) is 1. The molecule has 2 heterocycles. The quantitative estimate of drug-likeness (QED) is 0.937. The molecule has 0 atom stereocenters. The largest absolute Gasteiger partial charge is 0.347 e. The average molecular weight is 302 g/mol. The minimum Gasteiger partial charge on any atom is -0.347 e. The maximum atomic E-state index is 12.8. The average Bonchev–Trinajstić information content (AvgIpc) is 2.97. The lowest BCUT2D eigenvalue weighted by atomic mass is 10.2. The first kappa shape index (κ1) is 14.7. The van der Waals surface area contributed by atoms with Crippen LogP contribution in [0.2, 0.25) is 0 Å². The van der Waals surface area contributed by atoms with Crippen molar-refractivity contribution < 1.29 is 9.18 Å². The van der Waals surface area contributed by atoms with Crippen molar-refractivity contribution in [2.75, 3.05) is 13.1 Å². The Labute approximate surface area is 128 Å². The molecule has 2 aromatic rings. The van der Waals surface area contributed by atoms with Gasteiger partial charge >= 0.3 is 0 Å². The molecule has 1 aromatic carbocycles. The summed E-state index contributed by atoms with van der Waals surface area (Å²) in [7, 11) is 0. The van der Waals surface area contributed by atoms with Crippen LogP contribution in [0.15, 0.2) is 30.5 Å². The van der Waals surface area contributed by atoms with Crippen molar-refractivity contribution in [1.82, 2.24) is 19.8 Å². The van der Waals surface area contributed by atoms with Gasteiger partial charge in [-0.15, -0.1) is 0 Å². The molecule has 0 saturated carbocycles. The van der Waals surface area contributed by atoms with Crippen molar-refractivity contribution in [2.45, 2.75) is 26.6 Å². The Balaban J connectivity index is 1.63. The van der Waals surface area contributed by atoms with E-state index >= 15 is 0 Å². The molecule has 116 valence electrons. The molecular weight excluding hydrogens is 283 g/mol. The number of nitrogens with zero attached hydrogens (tertiary/aromatic N) is 3. The Hall–Kier alpha value is -2.21. The first-order valence-electron chi connectivity index (χ1n) is 7.46. The van der Waals surface area contributed by atoms with E-state index in [0.29, 0.717) is 12.2 Å². The summed E-state index contributed by atoms with van der Waals surface area (Å²) in [4.78, 5) is 18.9. The smallest absolute Gasteiger partial charge is 0.271 e. The first-order valence-corrected chi connectivity index (χ1v) is 7.46. The van der Waals surface area contributed by atoms with Crippen LogP contribution in [-0.4, -0.2) is 33.4 Å². The van der Waals surface area contributed by atoms with Gasteiger partial charge in [0.05, 0.1) is 6.54 Å². The Morgan fingerprint density at radius 1 is 1.32 bits per heavy atom. The number of carbonyl (C=O) groups is 1. The normalized spacial score (nSPS) is 14.6. The van der Waals surface area contributed by atoms with E-state index in [9.17, 15) is 9.18 Å². The van der Waals surface area contributed by atoms with Crippen molar-refractivity contribution in [3.8, 4) is 0 Å². The third-order valence-electron chi connectivity index (χ3n) is 3.93. The van der Waals surface area contributed by atoms with Crippen molar-refractivity contribution in [1.29, 1.82) is 0 Å². The molecule has 3 rings (SSSR count). The zero-order valence-electron chi connectivity index (χ0n) is 12.6. The topological polar surface area (TPSA) is 50.2 Å². The fourth-order valence-electron chi connectivity index (χ4n) is 2.56. The SMILES string of the molecule is CCN1CCn2cc(C(=O)NCc3ccc(F)cc3)nc2C1. The van der Waals surface area contributed by atoms with Gasteiger partial charge in [-0.05, 0) is 24.2 Å². The number of hydrogen-bond donors (Lipinski definition) is 1. The monoisotopic (exact) mass is 302 g/mol. The number of aromatic nitrogens is 2. The van der Waals surface area contributed by atoms with E-state index < -0.39 is 0 Å². The van der Waals surface area contributed by atoms with Crippen molar-refractivity contribution >= 4 is 5.91 Å². The number of halogens is 1. The van der Waals surface area contributed by atoms with Crippen LogP contribution < -0.4 is 5.32 Å². The lowest BCUT2D eigenvalue weighted by Gasteiger charge is -2.25. The molecule has 1 amide bonds. The predicted octanol–water partition coefficient (Wildman–Crippen LogP) is 1.79. The molecule has 0 saturated heterocycles. The van der Waals surface area contributed by atoms with Gasteiger partial charge in [-0.2, -0.15) is 0 Å². The molecule has 6 heteroatoms. The molecule has 0 spiro atoms. The van der Waals surface area contributed by atoms with Gasteiger partial charge in [0, 0.05) is 25.8 Å². The van der Waals surface area contributed by atoms with Gasteiger partial charge in [0.25, 0.3) is 5.91 Å². The van der Waals surface area contributed by atoms with E-state index in [1.807, 2.05) is 10.8 Å². The molecule has 0 aliphatic carbocycles. The molecular formula is C16H19FN4O. The van der Waals surface area contributed by atoms with Gasteiger partial charge in [-0.1, -0.05) is 19.1 Å². The van der Waals surface area contributed by atoms with Gasteiger partial charge in [0.2, 0.25) is 0 Å². The maximum Gasteiger partial charge on any atom is 0.271 e. The summed E-state index contributed by atoms with van der Waals surface area (Å²) >= 11 is 0. The van der Waals surface area contributed by atoms with E-state index in [1.54, 1.807) is 12.1 Å². The van der Waals surface area contributed by atoms with Crippen LogP contribution in [0.5, 0.6) is 0 Å². The number of rotatable bonds is 4. The highest BCUT2D eigenvalue weighted by atomic mass is 19.1. The lowest BCUT2D eigenvalue weighted by Crippen LogP contribution is -2.33. The van der Waals surface area contributed by atoms with Gasteiger partial charge in [0.15, 0.2) is 0 Å². The number of fused-ring (bicyclic) bond motifs is 1. The van der Waals surface area contributed by atoms with E-state index in [0.717, 1.165) is 37.6 Å². The second-order valence-corrected chi connectivity index (χ2v) is 5.41. The molecule has 1 aliphatic rings. The Bertz CT molecular complexity index is 665. The van der Waals surface area contributed by atoms with Crippen LogP contribution in [0.3, 0.4) is 0 Å². The van der Waals surface area contributed by atoms with Gasteiger partial charge in [0.1, 0.15) is 17.3 Å². The molecule has 22 heavy (non-hydrogen) atoms. The molecule has 0 unspecified atom stereocenters. The van der Waals surface area contributed by atoms with Crippen molar-refractivity contribution in [2.24, 2.45) is 0 Å². The van der Waals surface area contributed by atoms with Crippen LogP contribution in [0.4, 0.5) is 4.39 Å². The molecule has 5 nitrogen and oxygen atoms in total. The third kappa shape index (κ3) is 3.17. The van der Waals surface area contributed by atoms with E-state index in [1.165, 1.54) is 12.1 Å². The molecule has 0 bridgehead atoms. The zero-order chi connectivity index (χ0) is 15.5. The van der Waals surface area contributed by atoms with Crippen LogP contribution >= 0.6 is 0 Å². The minimum absolute atomic E-state index is 0.200. The number of imidazole rings is 1. The summed E-state index contributed by atoms with van der Waals surface area (Å²) < 4.78 is 14.9. The second-order valence-electron chi connectivity index (χ2n) is 5.41. The standard InChI is InChI=1S/C16H19FN4O/c1-2-20-7-8-21-10-14(19-15(21)11-20)16(22)18-9-12-3-5-13(17)6-4-12/h3-6,10H,2,7-9,11H2,1H3,(H,18,22). The summed E-state index contributed by atoms with van der Waals surface area (Å²) in [6.45, 7) is 6.09. The fourth-order valence-corrected chi connectivity index (χ4v) is 2.56. The number of carbonyl (C=O) groups excluding carboxylic acids is 1. The minimum atomic E-state index is -0.280. The number of benzene rings is 1. The number of amides is 1. The summed E-state index contributed by atoms with van der Waals surface area (Å²) in [5, 5.41) is 2.82. The molecule has 1 N–H and O–H groups in total. The van der Waals surface area contributed by atoms with Gasteiger partial charge in [-0.25, -0.2) is 9.37 Å². The Kier molecular flexibility index (Phi) is 4.20. The van der Waals surface area contributed by atoms with E-state index in [4.69, 9.17) is 0 Å². The first-order chi connectivity index (χ1) is 10.7. The van der Waals surface area contributed by atoms with E-state index in [-0.39, 0.29) is 11.7 Å².